The molecule has 2 fully saturated rings. The number of rotatable bonds is 3. The molecule has 4 atom stereocenters. The van der Waals surface area contributed by atoms with Crippen LogP contribution >= 0.6 is 0 Å². The van der Waals surface area contributed by atoms with Crippen LogP contribution < -0.4 is 0 Å². The van der Waals surface area contributed by atoms with Gasteiger partial charge in [-0.3, -0.25) is 4.79 Å². The zero-order valence-corrected chi connectivity index (χ0v) is 9.31. The van der Waals surface area contributed by atoms with Gasteiger partial charge in [0.2, 0.25) is 0 Å². The highest BCUT2D eigenvalue weighted by atomic mass is 16.5. The molecule has 2 aliphatic carbocycles. The summed E-state index contributed by atoms with van der Waals surface area (Å²) in [5.41, 5.74) is 0. The highest BCUT2D eigenvalue weighted by molar-refractivity contribution is 5.78. The maximum atomic E-state index is 11.8. The van der Waals surface area contributed by atoms with E-state index in [1.807, 2.05) is 13.8 Å². The van der Waals surface area contributed by atoms with Gasteiger partial charge in [-0.25, -0.2) is 0 Å². The summed E-state index contributed by atoms with van der Waals surface area (Å²) >= 11 is 0. The number of aldehydes is 1. The van der Waals surface area contributed by atoms with E-state index in [1.165, 1.54) is 0 Å². The number of esters is 1. The maximum absolute atomic E-state index is 11.8. The van der Waals surface area contributed by atoms with Gasteiger partial charge in [0, 0.05) is 5.92 Å². The van der Waals surface area contributed by atoms with Crippen molar-refractivity contribution in [3.05, 3.63) is 0 Å². The summed E-state index contributed by atoms with van der Waals surface area (Å²) < 4.78 is 5.22. The Balaban J connectivity index is 2.07. The number of hydrogen-bond acceptors (Lipinski definition) is 3. The Bertz CT molecular complexity index is 272. The predicted molar refractivity (Wildman–Crippen MR) is 55.1 cm³/mol. The Morgan fingerprint density at radius 1 is 1.33 bits per heavy atom. The summed E-state index contributed by atoms with van der Waals surface area (Å²) in [6.45, 7) is 3.70. The lowest BCUT2D eigenvalue weighted by Crippen LogP contribution is -2.33. The first kappa shape index (κ1) is 10.7. The minimum atomic E-state index is -0.158. The molecule has 4 unspecified atom stereocenters. The Morgan fingerprint density at radius 3 is 2.60 bits per heavy atom. The van der Waals surface area contributed by atoms with Crippen LogP contribution in [0.2, 0.25) is 0 Å². The molecule has 0 N–H and O–H groups in total. The first-order valence-electron chi connectivity index (χ1n) is 5.79. The number of fused-ring (bicyclic) bond motifs is 2. The lowest BCUT2D eigenvalue weighted by atomic mass is 9.80. The summed E-state index contributed by atoms with van der Waals surface area (Å²) in [6.07, 6.45) is 4.13. The van der Waals surface area contributed by atoms with E-state index in [0.29, 0.717) is 11.8 Å². The SMILES string of the molecule is CC(C)OC(=O)C1C2CCC(C2)C1C=O. The van der Waals surface area contributed by atoms with E-state index in [4.69, 9.17) is 4.74 Å². The van der Waals surface area contributed by atoms with Crippen LogP contribution in [0.15, 0.2) is 0 Å². The van der Waals surface area contributed by atoms with Crippen molar-refractivity contribution in [2.45, 2.75) is 39.2 Å². The van der Waals surface area contributed by atoms with E-state index in [9.17, 15) is 9.59 Å². The molecule has 0 amide bonds. The van der Waals surface area contributed by atoms with Crippen molar-refractivity contribution in [2.24, 2.45) is 23.7 Å². The summed E-state index contributed by atoms with van der Waals surface area (Å²) in [7, 11) is 0. The minimum absolute atomic E-state index is 0.0741. The van der Waals surface area contributed by atoms with Gasteiger partial charge in [-0.15, -0.1) is 0 Å². The molecule has 0 saturated heterocycles. The van der Waals surface area contributed by atoms with Gasteiger partial charge >= 0.3 is 5.97 Å². The molecule has 0 heterocycles. The molecule has 2 bridgehead atoms. The van der Waals surface area contributed by atoms with E-state index >= 15 is 0 Å². The fourth-order valence-electron chi connectivity index (χ4n) is 3.19. The molecule has 0 spiro atoms. The van der Waals surface area contributed by atoms with Crippen LogP contribution in [-0.2, 0) is 14.3 Å². The molecular formula is C12H18O3. The molecule has 15 heavy (non-hydrogen) atoms. The summed E-state index contributed by atoms with van der Waals surface area (Å²) in [5.74, 6) is 0.460. The molecule has 2 saturated carbocycles. The topological polar surface area (TPSA) is 43.4 Å². The van der Waals surface area contributed by atoms with Crippen molar-refractivity contribution < 1.29 is 14.3 Å². The zero-order chi connectivity index (χ0) is 11.0. The van der Waals surface area contributed by atoms with Crippen molar-refractivity contribution >= 4 is 12.3 Å². The smallest absolute Gasteiger partial charge is 0.310 e. The van der Waals surface area contributed by atoms with Gasteiger partial charge in [-0.05, 0) is 44.9 Å². The first-order chi connectivity index (χ1) is 7.13. The molecule has 0 aromatic heterocycles. The average molecular weight is 210 g/mol. The van der Waals surface area contributed by atoms with Crippen LogP contribution in [0.5, 0.6) is 0 Å². The summed E-state index contributed by atoms with van der Waals surface area (Å²) in [5, 5.41) is 0. The summed E-state index contributed by atoms with van der Waals surface area (Å²) in [4.78, 5) is 22.8. The normalized spacial score (nSPS) is 38.3. The highest BCUT2D eigenvalue weighted by Gasteiger charge is 2.51. The maximum Gasteiger partial charge on any atom is 0.310 e. The van der Waals surface area contributed by atoms with Crippen molar-refractivity contribution in [3.8, 4) is 0 Å². The molecular weight excluding hydrogens is 192 g/mol. The molecule has 0 aromatic rings. The van der Waals surface area contributed by atoms with Gasteiger partial charge in [0.15, 0.2) is 0 Å². The van der Waals surface area contributed by atoms with Crippen molar-refractivity contribution in [1.29, 1.82) is 0 Å². The standard InChI is InChI=1S/C12H18O3/c1-7(2)15-12(14)11-9-4-3-8(5-9)10(11)6-13/h6-11H,3-5H2,1-2H3. The Morgan fingerprint density at radius 2 is 2.00 bits per heavy atom. The molecule has 3 nitrogen and oxygen atoms in total. The third kappa shape index (κ3) is 1.80. The van der Waals surface area contributed by atoms with E-state index in [1.54, 1.807) is 0 Å². The quantitative estimate of drug-likeness (QED) is 0.527. The Labute approximate surface area is 90.2 Å². The predicted octanol–water partition coefficient (Wildman–Crippen LogP) is 1.80. The molecule has 2 aliphatic rings. The third-order valence-corrected chi connectivity index (χ3v) is 3.76. The van der Waals surface area contributed by atoms with E-state index < -0.39 is 0 Å². The van der Waals surface area contributed by atoms with Crippen molar-refractivity contribution in [1.82, 2.24) is 0 Å². The Hall–Kier alpha value is -0.860. The van der Waals surface area contributed by atoms with Gasteiger partial charge in [-0.1, -0.05) is 0 Å². The number of ether oxygens (including phenoxy) is 1. The van der Waals surface area contributed by atoms with Crippen LogP contribution in [0.1, 0.15) is 33.1 Å². The number of carbonyl (C=O) groups is 2. The van der Waals surface area contributed by atoms with Gasteiger partial charge in [0.25, 0.3) is 0 Å². The molecule has 0 aromatic carbocycles. The fraction of sp³-hybridized carbons (Fsp3) is 0.833. The largest absolute Gasteiger partial charge is 0.463 e. The zero-order valence-electron chi connectivity index (χ0n) is 9.31. The van der Waals surface area contributed by atoms with E-state index in [2.05, 4.69) is 0 Å². The molecule has 2 rings (SSSR count). The first-order valence-corrected chi connectivity index (χ1v) is 5.79. The van der Waals surface area contributed by atoms with Gasteiger partial charge in [0.1, 0.15) is 6.29 Å². The van der Waals surface area contributed by atoms with Crippen LogP contribution in [0, 0.1) is 23.7 Å². The number of carbonyl (C=O) groups excluding carboxylic acids is 2. The second-order valence-electron chi connectivity index (χ2n) is 5.06. The lowest BCUT2D eigenvalue weighted by molar-refractivity contribution is -0.157. The Kier molecular flexibility index (Phi) is 2.81. The highest BCUT2D eigenvalue weighted by Crippen LogP contribution is 2.51. The number of hydrogen-bond donors (Lipinski definition) is 0. The molecule has 3 heteroatoms. The lowest BCUT2D eigenvalue weighted by Gasteiger charge is -2.26. The van der Waals surface area contributed by atoms with Crippen LogP contribution in [0.4, 0.5) is 0 Å². The molecule has 0 aliphatic heterocycles. The van der Waals surface area contributed by atoms with Crippen molar-refractivity contribution in [3.63, 3.8) is 0 Å². The fourth-order valence-corrected chi connectivity index (χ4v) is 3.19. The van der Waals surface area contributed by atoms with Crippen LogP contribution in [0.25, 0.3) is 0 Å². The summed E-state index contributed by atoms with van der Waals surface area (Å²) in [6, 6.07) is 0. The van der Waals surface area contributed by atoms with Crippen LogP contribution in [-0.4, -0.2) is 18.4 Å². The second-order valence-corrected chi connectivity index (χ2v) is 5.06. The minimum Gasteiger partial charge on any atom is -0.463 e. The second kappa shape index (κ2) is 3.95. The monoisotopic (exact) mass is 210 g/mol. The van der Waals surface area contributed by atoms with E-state index in [-0.39, 0.29) is 23.9 Å². The van der Waals surface area contributed by atoms with Gasteiger partial charge < -0.3 is 9.53 Å². The van der Waals surface area contributed by atoms with Gasteiger partial charge in [-0.2, -0.15) is 0 Å². The molecule has 84 valence electrons. The molecule has 0 radical (unpaired) electrons. The third-order valence-electron chi connectivity index (χ3n) is 3.76. The van der Waals surface area contributed by atoms with Gasteiger partial charge in [0.05, 0.1) is 12.0 Å². The van der Waals surface area contributed by atoms with Crippen molar-refractivity contribution in [2.75, 3.05) is 0 Å². The van der Waals surface area contributed by atoms with Crippen LogP contribution in [0.3, 0.4) is 0 Å². The average Bonchev–Trinajstić information content (AvgIpc) is 2.74. The van der Waals surface area contributed by atoms with E-state index in [0.717, 1.165) is 25.5 Å².